The Morgan fingerprint density at radius 2 is 2.25 bits per heavy atom. The van der Waals surface area contributed by atoms with E-state index in [0.29, 0.717) is 26.1 Å². The van der Waals surface area contributed by atoms with Gasteiger partial charge in [0.15, 0.2) is 0 Å². The Hall–Kier alpha value is -1.14. The van der Waals surface area contributed by atoms with Gasteiger partial charge in [0.1, 0.15) is 0 Å². The van der Waals surface area contributed by atoms with E-state index in [1.165, 1.54) is 0 Å². The monoisotopic (exact) mass is 284 g/mol. The first-order valence-corrected chi connectivity index (χ1v) is 7.36. The summed E-state index contributed by atoms with van der Waals surface area (Å²) in [4.78, 5) is 23.6. The number of carbonyl (C=O) groups is 2. The van der Waals surface area contributed by atoms with Crippen LogP contribution in [-0.4, -0.2) is 48.8 Å². The topological polar surface area (TPSA) is 87.7 Å². The Labute approximate surface area is 119 Å². The van der Waals surface area contributed by atoms with E-state index in [1.54, 1.807) is 6.92 Å². The zero-order chi connectivity index (χ0) is 14.6. The molecule has 2 rings (SSSR count). The maximum Gasteiger partial charge on any atom is 0.311 e. The van der Waals surface area contributed by atoms with Crippen LogP contribution in [0.25, 0.3) is 0 Å². The number of carbonyl (C=O) groups excluding carboxylic acids is 1. The highest BCUT2D eigenvalue weighted by molar-refractivity contribution is 5.80. The highest BCUT2D eigenvalue weighted by atomic mass is 16.5. The van der Waals surface area contributed by atoms with Gasteiger partial charge in [0, 0.05) is 25.0 Å². The quantitative estimate of drug-likeness (QED) is 0.700. The number of morpholine rings is 1. The van der Waals surface area contributed by atoms with Crippen LogP contribution in [0.2, 0.25) is 0 Å². The second-order valence-electron chi connectivity index (χ2n) is 6.02. The molecule has 0 bridgehead atoms. The van der Waals surface area contributed by atoms with Crippen molar-refractivity contribution in [2.24, 2.45) is 5.41 Å². The molecule has 3 atom stereocenters. The molecule has 0 aromatic rings. The maximum atomic E-state index is 12.1. The molecule has 20 heavy (non-hydrogen) atoms. The van der Waals surface area contributed by atoms with Gasteiger partial charge in [-0.25, -0.2) is 0 Å². The first kappa shape index (κ1) is 15.3. The van der Waals surface area contributed by atoms with Gasteiger partial charge in [0.25, 0.3) is 0 Å². The zero-order valence-electron chi connectivity index (χ0n) is 12.0. The molecule has 1 heterocycles. The third-order valence-electron chi connectivity index (χ3n) is 4.46. The smallest absolute Gasteiger partial charge is 0.311 e. The van der Waals surface area contributed by atoms with Crippen molar-refractivity contribution in [3.63, 3.8) is 0 Å². The van der Waals surface area contributed by atoms with Crippen LogP contribution < -0.4 is 10.6 Å². The number of carboxylic acids is 1. The molecule has 0 radical (unpaired) electrons. The number of rotatable bonds is 4. The molecule has 2 fully saturated rings. The Morgan fingerprint density at radius 1 is 1.45 bits per heavy atom. The zero-order valence-corrected chi connectivity index (χ0v) is 12.0. The fourth-order valence-electron chi connectivity index (χ4n) is 3.05. The number of amides is 1. The summed E-state index contributed by atoms with van der Waals surface area (Å²) < 4.78 is 5.32. The molecule has 1 saturated heterocycles. The molecule has 0 spiro atoms. The summed E-state index contributed by atoms with van der Waals surface area (Å²) in [6.45, 7) is 3.71. The summed E-state index contributed by atoms with van der Waals surface area (Å²) in [5, 5.41) is 15.6. The van der Waals surface area contributed by atoms with Crippen LogP contribution in [0.1, 0.15) is 39.0 Å². The van der Waals surface area contributed by atoms with Gasteiger partial charge in [0.05, 0.1) is 18.6 Å². The van der Waals surface area contributed by atoms with Gasteiger partial charge >= 0.3 is 5.97 Å². The van der Waals surface area contributed by atoms with Gasteiger partial charge in [-0.3, -0.25) is 9.59 Å². The third kappa shape index (κ3) is 3.49. The van der Waals surface area contributed by atoms with Crippen molar-refractivity contribution >= 4 is 11.9 Å². The fraction of sp³-hybridized carbons (Fsp3) is 0.857. The molecule has 1 amide bonds. The Kier molecular flexibility index (Phi) is 4.99. The summed E-state index contributed by atoms with van der Waals surface area (Å²) in [6, 6.07) is -0.241. The molecule has 0 aromatic carbocycles. The number of hydrogen-bond donors (Lipinski definition) is 3. The minimum Gasteiger partial charge on any atom is -0.481 e. The summed E-state index contributed by atoms with van der Waals surface area (Å²) in [5.41, 5.74) is -0.843. The van der Waals surface area contributed by atoms with Crippen molar-refractivity contribution < 1.29 is 19.4 Å². The number of ether oxygens (including phenoxy) is 1. The molecule has 1 aliphatic heterocycles. The molecule has 0 aromatic heterocycles. The largest absolute Gasteiger partial charge is 0.481 e. The molecule has 114 valence electrons. The first-order valence-electron chi connectivity index (χ1n) is 7.36. The van der Waals surface area contributed by atoms with Crippen LogP contribution in [0.5, 0.6) is 0 Å². The average Bonchev–Trinajstić information content (AvgIpc) is 2.42. The summed E-state index contributed by atoms with van der Waals surface area (Å²) in [7, 11) is 0. The predicted octanol–water partition coefficient (Wildman–Crippen LogP) is 0.515. The second kappa shape index (κ2) is 6.54. The fourth-order valence-corrected chi connectivity index (χ4v) is 3.05. The molecule has 3 N–H and O–H groups in total. The van der Waals surface area contributed by atoms with Crippen molar-refractivity contribution in [1.82, 2.24) is 10.6 Å². The van der Waals surface area contributed by atoms with E-state index in [0.717, 1.165) is 25.8 Å². The maximum absolute atomic E-state index is 12.1. The van der Waals surface area contributed by atoms with Crippen LogP contribution in [0.15, 0.2) is 0 Å². The van der Waals surface area contributed by atoms with Gasteiger partial charge in [-0.2, -0.15) is 0 Å². The normalized spacial score (nSPS) is 34.5. The van der Waals surface area contributed by atoms with Crippen LogP contribution in [0.4, 0.5) is 0 Å². The van der Waals surface area contributed by atoms with Gasteiger partial charge in [-0.05, 0) is 19.8 Å². The van der Waals surface area contributed by atoms with E-state index in [1.807, 2.05) is 0 Å². The lowest BCUT2D eigenvalue weighted by molar-refractivity contribution is -0.152. The van der Waals surface area contributed by atoms with Gasteiger partial charge in [0.2, 0.25) is 5.91 Å². The minimum absolute atomic E-state index is 0.0309. The molecule has 6 heteroatoms. The SMILES string of the molecule is CC1(C(=O)O)CCCCC1NC(=O)CC1COCCN1. The standard InChI is InChI=1S/C14H24N2O4/c1-14(13(18)19)5-3-2-4-11(14)16-12(17)8-10-9-20-7-6-15-10/h10-11,15H,2-9H2,1H3,(H,16,17)(H,18,19). The van der Waals surface area contributed by atoms with E-state index >= 15 is 0 Å². The minimum atomic E-state index is -0.843. The molecule has 6 nitrogen and oxygen atoms in total. The van der Waals surface area contributed by atoms with Crippen molar-refractivity contribution in [3.8, 4) is 0 Å². The number of aliphatic carboxylic acids is 1. The summed E-state index contributed by atoms with van der Waals surface area (Å²) in [6.07, 6.45) is 3.58. The lowest BCUT2D eigenvalue weighted by Crippen LogP contribution is -2.53. The average molecular weight is 284 g/mol. The van der Waals surface area contributed by atoms with Gasteiger partial charge in [-0.1, -0.05) is 12.8 Å². The van der Waals surface area contributed by atoms with Gasteiger partial charge < -0.3 is 20.5 Å². The molecular formula is C14H24N2O4. The van der Waals surface area contributed by atoms with Gasteiger partial charge in [-0.15, -0.1) is 0 Å². The van der Waals surface area contributed by atoms with Crippen LogP contribution >= 0.6 is 0 Å². The third-order valence-corrected chi connectivity index (χ3v) is 4.46. The van der Waals surface area contributed by atoms with Crippen LogP contribution in [-0.2, 0) is 14.3 Å². The van der Waals surface area contributed by atoms with Crippen LogP contribution in [0.3, 0.4) is 0 Å². The number of hydrogen-bond acceptors (Lipinski definition) is 4. The Morgan fingerprint density at radius 3 is 2.90 bits per heavy atom. The molecule has 3 unspecified atom stereocenters. The first-order chi connectivity index (χ1) is 9.52. The van der Waals surface area contributed by atoms with Crippen molar-refractivity contribution in [2.45, 2.75) is 51.1 Å². The highest BCUT2D eigenvalue weighted by Crippen LogP contribution is 2.36. The second-order valence-corrected chi connectivity index (χ2v) is 6.02. The highest BCUT2D eigenvalue weighted by Gasteiger charge is 2.43. The van der Waals surface area contributed by atoms with E-state index in [-0.39, 0.29) is 18.0 Å². The lowest BCUT2D eigenvalue weighted by atomic mass is 9.71. The molecule has 2 aliphatic rings. The number of nitrogens with one attached hydrogen (secondary N) is 2. The molecule has 1 aliphatic carbocycles. The molecular weight excluding hydrogens is 260 g/mol. The van der Waals surface area contributed by atoms with Crippen molar-refractivity contribution in [2.75, 3.05) is 19.8 Å². The predicted molar refractivity (Wildman–Crippen MR) is 73.4 cm³/mol. The van der Waals surface area contributed by atoms with Crippen LogP contribution in [0, 0.1) is 5.41 Å². The van der Waals surface area contributed by atoms with Crippen molar-refractivity contribution in [3.05, 3.63) is 0 Å². The Bertz CT molecular complexity index is 368. The van der Waals surface area contributed by atoms with E-state index < -0.39 is 11.4 Å². The summed E-state index contributed by atoms with van der Waals surface area (Å²) >= 11 is 0. The lowest BCUT2D eigenvalue weighted by Gasteiger charge is -2.38. The molecule has 1 saturated carbocycles. The van der Waals surface area contributed by atoms with E-state index in [2.05, 4.69) is 10.6 Å². The number of carboxylic acid groups (broad SMARTS) is 1. The van der Waals surface area contributed by atoms with E-state index in [4.69, 9.17) is 4.74 Å². The Balaban J connectivity index is 1.89. The van der Waals surface area contributed by atoms with E-state index in [9.17, 15) is 14.7 Å². The summed E-state index contributed by atoms with van der Waals surface area (Å²) in [5.74, 6) is -0.908. The van der Waals surface area contributed by atoms with Crippen molar-refractivity contribution in [1.29, 1.82) is 0 Å².